The molecule has 0 unspecified atom stereocenters. The van der Waals surface area contributed by atoms with Gasteiger partial charge in [-0.25, -0.2) is 0 Å². The second kappa shape index (κ2) is 52.4. The molecule has 0 bridgehead atoms. The smallest absolute Gasteiger partial charge is 0.225 e. The minimum atomic E-state index is -1.39. The molecule has 12 amide bonds. The zero-order valence-corrected chi connectivity index (χ0v) is 60.1. The van der Waals surface area contributed by atoms with Crippen molar-refractivity contribution in [2.45, 2.75) is 134 Å². The second-order valence-electron chi connectivity index (χ2n) is 26.9. The standard InChI is InChI=1S/C65H120N12O20/c1-61(2,3)57(86)70-25-33-94-41-37-90-29-21-66-49(78)13-17-53(82)74-45-65(46-75-54(83)18-14-50(79)67-22-30-91-38-42-95-34-26-71-58(87)62(4,5)6,47-76-55(84)19-15-51(80)68-23-31-92-39-43-96-35-27-72-59(88)63(7,8)9)48-77-56(85)20-16-52(81)69-24-32-93-40-44-97-36-28-73-60(89)64(10,11)12/h13-48H2,1-12H3,(H,66,78)(H,67,79)(H,68,80)(H,69,81)(H,70,86)(H,71,87)(H,72,88)(H,73,89)(H,74,82)(H,75,83)(H,76,84)(H,77,85). The van der Waals surface area contributed by atoms with Crippen LogP contribution in [-0.2, 0) is 95.4 Å². The maximum Gasteiger partial charge on any atom is 0.225 e. The van der Waals surface area contributed by atoms with Crippen LogP contribution in [0, 0.1) is 27.1 Å². The molecule has 0 spiro atoms. The first-order valence-electron chi connectivity index (χ1n) is 33.6. The maximum absolute atomic E-state index is 13.5. The predicted octanol–water partition coefficient (Wildman–Crippen LogP) is -1.19. The lowest BCUT2D eigenvalue weighted by Gasteiger charge is -2.35. The van der Waals surface area contributed by atoms with E-state index in [1.807, 2.05) is 83.1 Å². The largest absolute Gasteiger partial charge is 0.377 e. The van der Waals surface area contributed by atoms with Gasteiger partial charge < -0.3 is 102 Å². The van der Waals surface area contributed by atoms with Gasteiger partial charge in [-0.05, 0) is 0 Å². The molecule has 0 aliphatic carbocycles. The van der Waals surface area contributed by atoms with Crippen LogP contribution in [0.25, 0.3) is 0 Å². The third kappa shape index (κ3) is 53.0. The van der Waals surface area contributed by atoms with Crippen LogP contribution in [0.1, 0.15) is 134 Å². The molecular weight excluding hydrogens is 1270 g/mol. The minimum absolute atomic E-state index is 0.0926. The Morgan fingerprint density at radius 1 is 0.196 bits per heavy atom. The van der Waals surface area contributed by atoms with Crippen LogP contribution in [-0.4, -0.2) is 255 Å². The number of hydrogen-bond donors (Lipinski definition) is 12. The summed E-state index contributed by atoms with van der Waals surface area (Å²) in [6.07, 6.45) is -2.00. The second-order valence-corrected chi connectivity index (χ2v) is 26.9. The lowest BCUT2D eigenvalue weighted by Crippen LogP contribution is -2.57. The van der Waals surface area contributed by atoms with Crippen molar-refractivity contribution in [1.29, 1.82) is 0 Å². The molecule has 0 atom stereocenters. The molecule has 0 rings (SSSR count). The van der Waals surface area contributed by atoms with E-state index in [0.717, 1.165) is 0 Å². The summed E-state index contributed by atoms with van der Waals surface area (Å²) in [5.74, 6) is -4.52. The van der Waals surface area contributed by atoms with Gasteiger partial charge >= 0.3 is 0 Å². The van der Waals surface area contributed by atoms with E-state index in [4.69, 9.17) is 37.9 Å². The Balaban J connectivity index is 5.88. The number of carbonyl (C=O) groups excluding carboxylic acids is 12. The van der Waals surface area contributed by atoms with Crippen LogP contribution in [0.15, 0.2) is 0 Å². The average molecular weight is 1390 g/mol. The molecule has 0 aliphatic rings. The molecule has 0 aromatic heterocycles. The van der Waals surface area contributed by atoms with E-state index in [1.165, 1.54) is 0 Å². The summed E-state index contributed by atoms with van der Waals surface area (Å²) < 4.78 is 44.0. The first-order chi connectivity index (χ1) is 45.7. The van der Waals surface area contributed by atoms with Crippen molar-refractivity contribution in [2.24, 2.45) is 27.1 Å². The minimum Gasteiger partial charge on any atom is -0.377 e. The summed E-state index contributed by atoms with van der Waals surface area (Å²) in [5, 5.41) is 32.9. The zero-order chi connectivity index (χ0) is 73.0. The number of nitrogens with one attached hydrogen (secondary N) is 12. The van der Waals surface area contributed by atoms with Crippen LogP contribution in [0.2, 0.25) is 0 Å². The van der Waals surface area contributed by atoms with Gasteiger partial charge in [-0.15, -0.1) is 0 Å². The van der Waals surface area contributed by atoms with Gasteiger partial charge in [0.1, 0.15) is 0 Å². The van der Waals surface area contributed by atoms with Crippen molar-refractivity contribution in [3.05, 3.63) is 0 Å². The molecule has 560 valence electrons. The van der Waals surface area contributed by atoms with Gasteiger partial charge in [-0.1, -0.05) is 83.1 Å². The van der Waals surface area contributed by atoms with E-state index < -0.39 is 74.3 Å². The van der Waals surface area contributed by atoms with E-state index >= 15 is 0 Å². The number of carbonyl (C=O) groups is 12. The molecule has 0 aromatic carbocycles. The molecule has 97 heavy (non-hydrogen) atoms. The van der Waals surface area contributed by atoms with Crippen LogP contribution < -0.4 is 63.8 Å². The van der Waals surface area contributed by atoms with Gasteiger partial charge in [0.2, 0.25) is 70.9 Å². The summed E-state index contributed by atoms with van der Waals surface area (Å²) in [5.41, 5.74) is -3.45. The Morgan fingerprint density at radius 2 is 0.330 bits per heavy atom. The average Bonchev–Trinajstić information content (AvgIpc) is 0.954. The van der Waals surface area contributed by atoms with Crippen molar-refractivity contribution < 1.29 is 95.4 Å². The Kier molecular flexibility index (Phi) is 48.8. The van der Waals surface area contributed by atoms with Crippen molar-refractivity contribution in [2.75, 3.05) is 184 Å². The highest BCUT2D eigenvalue weighted by molar-refractivity contribution is 5.87. The van der Waals surface area contributed by atoms with Gasteiger partial charge in [-0.3, -0.25) is 57.5 Å². The summed E-state index contributed by atoms with van der Waals surface area (Å²) in [4.78, 5) is 153. The summed E-state index contributed by atoms with van der Waals surface area (Å²) in [6, 6.07) is 0. The first-order valence-corrected chi connectivity index (χ1v) is 33.6. The van der Waals surface area contributed by atoms with Gasteiger partial charge in [0.25, 0.3) is 0 Å². The topological polar surface area (TPSA) is 423 Å². The molecule has 0 heterocycles. The molecule has 32 heteroatoms. The normalized spacial score (nSPS) is 11.8. The quantitative estimate of drug-likeness (QED) is 0.0318. The molecule has 12 N–H and O–H groups in total. The van der Waals surface area contributed by atoms with E-state index in [9.17, 15) is 57.5 Å². The van der Waals surface area contributed by atoms with Gasteiger partial charge in [0, 0.05) is 157 Å². The molecule has 0 radical (unpaired) electrons. The number of amides is 12. The fourth-order valence-corrected chi connectivity index (χ4v) is 7.48. The Bertz CT molecular complexity index is 2020. The van der Waals surface area contributed by atoms with E-state index in [2.05, 4.69) is 63.8 Å². The summed E-state index contributed by atoms with van der Waals surface area (Å²) >= 11 is 0. The lowest BCUT2D eigenvalue weighted by molar-refractivity contribution is -0.129. The fraction of sp³-hybridized carbons (Fsp3) is 0.815. The van der Waals surface area contributed by atoms with Crippen molar-refractivity contribution in [3.8, 4) is 0 Å². The van der Waals surface area contributed by atoms with Crippen LogP contribution in [0.5, 0.6) is 0 Å². The lowest BCUT2D eigenvalue weighted by atomic mass is 9.86. The third-order valence-corrected chi connectivity index (χ3v) is 13.6. The highest BCUT2D eigenvalue weighted by atomic mass is 16.5. The molecule has 0 saturated carbocycles. The van der Waals surface area contributed by atoms with Crippen LogP contribution >= 0.6 is 0 Å². The predicted molar refractivity (Wildman–Crippen MR) is 360 cm³/mol. The van der Waals surface area contributed by atoms with E-state index in [-0.39, 0.29) is 207 Å². The van der Waals surface area contributed by atoms with Gasteiger partial charge in [0.05, 0.1) is 106 Å². The highest BCUT2D eigenvalue weighted by Crippen LogP contribution is 2.17. The van der Waals surface area contributed by atoms with Crippen LogP contribution in [0.3, 0.4) is 0 Å². The van der Waals surface area contributed by atoms with Gasteiger partial charge in [-0.2, -0.15) is 0 Å². The van der Waals surface area contributed by atoms with Gasteiger partial charge in [0.15, 0.2) is 0 Å². The molecule has 0 fully saturated rings. The zero-order valence-electron chi connectivity index (χ0n) is 60.1. The first kappa shape index (κ1) is 90.3. The monoisotopic (exact) mass is 1390 g/mol. The Hall–Kier alpha value is -6.68. The highest BCUT2D eigenvalue weighted by Gasteiger charge is 2.34. The molecule has 0 aromatic rings. The van der Waals surface area contributed by atoms with E-state index in [0.29, 0.717) is 52.6 Å². The van der Waals surface area contributed by atoms with Crippen molar-refractivity contribution >= 4 is 70.9 Å². The maximum atomic E-state index is 13.5. The van der Waals surface area contributed by atoms with E-state index in [1.54, 1.807) is 0 Å². The molecule has 0 saturated heterocycles. The van der Waals surface area contributed by atoms with Crippen LogP contribution in [0.4, 0.5) is 0 Å². The summed E-state index contributed by atoms with van der Waals surface area (Å²) in [6.45, 7) is 26.4. The fourth-order valence-electron chi connectivity index (χ4n) is 7.48. The SMILES string of the molecule is CC(C)(C)C(=O)NCCOCCOCCNC(=O)CCC(=O)NCC(CNC(=O)CCC(=O)NCCOCCOCCNC(=O)C(C)(C)C)(CNC(=O)CCC(=O)NCCOCCOCCNC(=O)C(C)(C)C)CNC(=O)CCC(=O)NCCOCCOCCNC(=O)C(C)(C)C. The summed E-state index contributed by atoms with van der Waals surface area (Å²) in [7, 11) is 0. The Labute approximate surface area is 574 Å². The number of hydrogen-bond acceptors (Lipinski definition) is 20. The Morgan fingerprint density at radius 3 is 0.474 bits per heavy atom. The third-order valence-electron chi connectivity index (χ3n) is 13.6. The molecule has 0 aliphatic heterocycles. The molecule has 32 nitrogen and oxygen atoms in total. The number of rotatable bonds is 56. The van der Waals surface area contributed by atoms with Crippen molar-refractivity contribution in [1.82, 2.24) is 63.8 Å². The van der Waals surface area contributed by atoms with Crippen molar-refractivity contribution in [3.63, 3.8) is 0 Å². The number of ether oxygens (including phenoxy) is 8. The molecular formula is C65H120N12O20.